The van der Waals surface area contributed by atoms with E-state index in [0.717, 1.165) is 26.2 Å². The first-order chi connectivity index (χ1) is 13.1. The molecule has 0 bridgehead atoms. The Hall–Kier alpha value is -1.61. The molecule has 2 aliphatic heterocycles. The molecule has 2 aliphatic rings. The van der Waals surface area contributed by atoms with Crippen LogP contribution < -0.4 is 16.2 Å². The van der Waals surface area contributed by atoms with Crippen molar-refractivity contribution in [2.75, 3.05) is 39.4 Å². The molecule has 2 saturated heterocycles. The number of halogens is 1. The molecule has 0 saturated carbocycles. The lowest BCUT2D eigenvalue weighted by Crippen LogP contribution is -2.62. The third-order valence-corrected chi connectivity index (χ3v) is 5.93. The van der Waals surface area contributed by atoms with Crippen LogP contribution >= 0.6 is 0 Å². The summed E-state index contributed by atoms with van der Waals surface area (Å²) in [6.45, 7) is 7.28. The fourth-order valence-electron chi connectivity index (χ4n) is 4.22. The molecule has 1 aromatic carbocycles. The third kappa shape index (κ3) is 4.82. The number of hydrazine groups is 1. The van der Waals surface area contributed by atoms with Crippen LogP contribution in [0.1, 0.15) is 43.2 Å². The van der Waals surface area contributed by atoms with Gasteiger partial charge in [0.05, 0.1) is 13.2 Å². The Balaban J connectivity index is 1.45. The van der Waals surface area contributed by atoms with Crippen molar-refractivity contribution in [2.24, 2.45) is 10.6 Å². The smallest absolute Gasteiger partial charge is 0.131 e. The van der Waals surface area contributed by atoms with Gasteiger partial charge in [-0.15, -0.1) is 0 Å². The number of nitrogens with one attached hydrogen (secondary N) is 3. The number of rotatable bonds is 9. The monoisotopic (exact) mass is 379 g/mol. The molecule has 1 spiro atoms. The van der Waals surface area contributed by atoms with Crippen LogP contribution in [0.25, 0.3) is 0 Å². The highest BCUT2D eigenvalue weighted by atomic mass is 19.1. The van der Waals surface area contributed by atoms with Crippen molar-refractivity contribution in [3.05, 3.63) is 34.0 Å². The van der Waals surface area contributed by atoms with Gasteiger partial charge in [0.2, 0.25) is 0 Å². The molecule has 0 radical (unpaired) electrons. The van der Waals surface area contributed by atoms with Crippen LogP contribution in [-0.4, -0.2) is 49.4 Å². The Kier molecular flexibility index (Phi) is 6.75. The summed E-state index contributed by atoms with van der Waals surface area (Å²) in [5, 5.41) is 16.5. The summed E-state index contributed by atoms with van der Waals surface area (Å²) in [6.07, 6.45) is 3.14. The fraction of sp³-hybridized carbons (Fsp3) is 0.684. The van der Waals surface area contributed by atoms with Crippen molar-refractivity contribution in [3.63, 3.8) is 0 Å². The zero-order valence-corrected chi connectivity index (χ0v) is 15.9. The minimum Gasteiger partial charge on any atom is -0.508 e. The maximum atomic E-state index is 14.4. The fourth-order valence-corrected chi connectivity index (χ4v) is 4.22. The highest BCUT2D eigenvalue weighted by Gasteiger charge is 2.42. The number of phenolic OH excluding ortho intramolecular Hbond substituents is 1. The molecule has 1 atom stereocenters. The van der Waals surface area contributed by atoms with Crippen molar-refractivity contribution in [2.45, 2.75) is 38.6 Å². The molecule has 0 aromatic heterocycles. The predicted octanol–water partition coefficient (Wildman–Crippen LogP) is 2.03. The first-order valence-corrected chi connectivity index (χ1v) is 9.76. The number of benzene rings is 1. The van der Waals surface area contributed by atoms with E-state index in [1.54, 1.807) is 0 Å². The van der Waals surface area contributed by atoms with E-state index in [1.807, 2.05) is 6.92 Å². The lowest BCUT2D eigenvalue weighted by molar-refractivity contribution is -0.0297. The lowest BCUT2D eigenvalue weighted by Gasteiger charge is -2.52. The van der Waals surface area contributed by atoms with E-state index in [-0.39, 0.29) is 30.3 Å². The van der Waals surface area contributed by atoms with E-state index in [0.29, 0.717) is 24.1 Å². The summed E-state index contributed by atoms with van der Waals surface area (Å²) >= 11 is 0. The molecule has 4 N–H and O–H groups in total. The number of hydrogen-bond donors (Lipinski definition) is 4. The van der Waals surface area contributed by atoms with E-state index in [1.165, 1.54) is 25.0 Å². The molecule has 2 heterocycles. The molecule has 3 rings (SSSR count). The molecular weight excluding hydrogens is 349 g/mol. The minimum absolute atomic E-state index is 0.0852. The van der Waals surface area contributed by atoms with Gasteiger partial charge in [-0.05, 0) is 55.5 Å². The number of aromatic hydroxyl groups is 1. The summed E-state index contributed by atoms with van der Waals surface area (Å²) < 4.78 is 14.4. The van der Waals surface area contributed by atoms with Crippen molar-refractivity contribution in [3.8, 4) is 5.75 Å². The second-order valence-electron chi connectivity index (χ2n) is 7.84. The van der Waals surface area contributed by atoms with Crippen molar-refractivity contribution in [1.82, 2.24) is 21.1 Å². The molecule has 0 aliphatic carbocycles. The van der Waals surface area contributed by atoms with E-state index in [4.69, 9.17) is 0 Å². The number of likely N-dealkylation sites (tertiary alicyclic amines) is 1. The average Bonchev–Trinajstić information content (AvgIpc) is 2.64. The van der Waals surface area contributed by atoms with Gasteiger partial charge in [0, 0.05) is 31.1 Å². The summed E-state index contributed by atoms with van der Waals surface area (Å²) in [5.74, 6) is -0.737. The molecule has 8 heteroatoms. The van der Waals surface area contributed by atoms with Gasteiger partial charge in [0.25, 0.3) is 0 Å². The molecule has 150 valence electrons. The van der Waals surface area contributed by atoms with Crippen molar-refractivity contribution < 1.29 is 9.50 Å². The number of piperidine rings is 1. The molecule has 27 heavy (non-hydrogen) atoms. The van der Waals surface area contributed by atoms with Gasteiger partial charge < -0.3 is 10.4 Å². The number of hydrogen-bond acceptors (Lipinski definition) is 7. The molecule has 2 fully saturated rings. The van der Waals surface area contributed by atoms with Crippen LogP contribution in [-0.2, 0) is 6.54 Å². The topological polar surface area (TPSA) is 89.0 Å². The normalized spacial score (nSPS) is 20.4. The average molecular weight is 379 g/mol. The SMILES string of the molecule is CCC(CN=O)c1cc(O)c(CNNCN2CC3(CCNCC3)C2)c(F)c1. The van der Waals surface area contributed by atoms with Gasteiger partial charge in [0.15, 0.2) is 0 Å². The second kappa shape index (κ2) is 9.05. The van der Waals surface area contributed by atoms with E-state index < -0.39 is 5.82 Å². The summed E-state index contributed by atoms with van der Waals surface area (Å²) in [5.41, 5.74) is 7.41. The molecule has 1 aromatic rings. The van der Waals surface area contributed by atoms with E-state index in [2.05, 4.69) is 26.2 Å². The van der Waals surface area contributed by atoms with Crippen LogP contribution in [0.15, 0.2) is 17.3 Å². The molecule has 7 nitrogen and oxygen atoms in total. The third-order valence-electron chi connectivity index (χ3n) is 5.93. The van der Waals surface area contributed by atoms with Gasteiger partial charge in [-0.25, -0.2) is 9.82 Å². The maximum Gasteiger partial charge on any atom is 0.131 e. The zero-order chi connectivity index (χ0) is 19.3. The van der Waals surface area contributed by atoms with Gasteiger partial charge in [0.1, 0.15) is 11.6 Å². The summed E-state index contributed by atoms with van der Waals surface area (Å²) in [7, 11) is 0. The van der Waals surface area contributed by atoms with Crippen LogP contribution in [0.4, 0.5) is 4.39 Å². The van der Waals surface area contributed by atoms with Gasteiger partial charge >= 0.3 is 0 Å². The van der Waals surface area contributed by atoms with Gasteiger partial charge in [-0.2, -0.15) is 4.91 Å². The predicted molar refractivity (Wildman–Crippen MR) is 103 cm³/mol. The van der Waals surface area contributed by atoms with Crippen LogP contribution in [0.2, 0.25) is 0 Å². The van der Waals surface area contributed by atoms with E-state index in [9.17, 15) is 14.4 Å². The Bertz CT molecular complexity index is 620. The van der Waals surface area contributed by atoms with Crippen LogP contribution in [0.3, 0.4) is 0 Å². The first-order valence-electron chi connectivity index (χ1n) is 9.76. The quantitative estimate of drug-likeness (QED) is 0.298. The summed E-state index contributed by atoms with van der Waals surface area (Å²) in [4.78, 5) is 12.8. The molecular formula is C19H30FN5O2. The number of nitrogens with zero attached hydrogens (tertiary/aromatic N) is 2. The Labute approximate surface area is 159 Å². The van der Waals surface area contributed by atoms with Crippen molar-refractivity contribution >= 4 is 0 Å². The first kappa shape index (κ1) is 20.1. The molecule has 0 amide bonds. The standard InChI is InChI=1S/C19H30FN5O2/c1-2-14(9-24-27)15-7-17(20)16(18(26)8-15)10-22-23-13-25-11-19(12-25)3-5-21-6-4-19/h7-8,14,21-23,26H,2-6,9-13H2,1H3. The minimum atomic E-state index is -0.471. The number of nitroso groups, excluding NO2 is 1. The Morgan fingerprint density at radius 3 is 2.70 bits per heavy atom. The lowest BCUT2D eigenvalue weighted by atomic mass is 9.73. The Morgan fingerprint density at radius 2 is 2.07 bits per heavy atom. The Morgan fingerprint density at radius 1 is 1.33 bits per heavy atom. The highest BCUT2D eigenvalue weighted by molar-refractivity contribution is 5.39. The largest absolute Gasteiger partial charge is 0.508 e. The second-order valence-corrected chi connectivity index (χ2v) is 7.84. The molecule has 1 unspecified atom stereocenters. The van der Waals surface area contributed by atoms with Crippen LogP contribution in [0, 0.1) is 16.1 Å². The van der Waals surface area contributed by atoms with Crippen molar-refractivity contribution in [1.29, 1.82) is 0 Å². The highest BCUT2D eigenvalue weighted by Crippen LogP contribution is 2.38. The number of phenols is 1. The van der Waals surface area contributed by atoms with E-state index >= 15 is 0 Å². The van der Waals surface area contributed by atoms with Gasteiger partial charge in [-0.1, -0.05) is 12.1 Å². The summed E-state index contributed by atoms with van der Waals surface area (Å²) in [6, 6.07) is 2.93. The van der Waals surface area contributed by atoms with Crippen LogP contribution in [0.5, 0.6) is 5.75 Å². The maximum absolute atomic E-state index is 14.4. The van der Waals surface area contributed by atoms with Gasteiger partial charge in [-0.3, -0.25) is 10.3 Å². The zero-order valence-electron chi connectivity index (χ0n) is 15.9.